The number of aromatic amines is 1. The van der Waals surface area contributed by atoms with Crippen molar-refractivity contribution in [1.82, 2.24) is 20.3 Å². The minimum absolute atomic E-state index is 0.155. The average Bonchev–Trinajstić information content (AvgIpc) is 3.21. The molecule has 2 aromatic rings. The van der Waals surface area contributed by atoms with Crippen LogP contribution in [0, 0.1) is 6.92 Å². The molecular weight excluding hydrogens is 296 g/mol. The zero-order valence-corrected chi connectivity index (χ0v) is 13.5. The van der Waals surface area contributed by atoms with Crippen molar-refractivity contribution < 1.29 is 14.1 Å². The smallest absolute Gasteiger partial charge is 0.254 e. The van der Waals surface area contributed by atoms with Gasteiger partial charge in [-0.1, -0.05) is 0 Å². The van der Waals surface area contributed by atoms with Crippen LogP contribution in [0.1, 0.15) is 42.2 Å². The minimum Gasteiger partial charge on any atom is -0.479 e. The van der Waals surface area contributed by atoms with Crippen molar-refractivity contribution in [1.29, 1.82) is 0 Å². The van der Waals surface area contributed by atoms with E-state index in [0.717, 1.165) is 37.2 Å². The molecule has 0 saturated carbocycles. The lowest BCUT2D eigenvalue weighted by Gasteiger charge is -2.32. The van der Waals surface area contributed by atoms with Crippen LogP contribution in [0.25, 0.3) is 0 Å². The molecule has 0 aliphatic carbocycles. The van der Waals surface area contributed by atoms with Crippen LogP contribution < -0.4 is 4.74 Å². The quantitative estimate of drug-likeness (QED) is 0.912. The summed E-state index contributed by atoms with van der Waals surface area (Å²) in [4.78, 5) is 14.4. The normalized spacial score (nSPS) is 18.2. The summed E-state index contributed by atoms with van der Waals surface area (Å²) in [5.74, 6) is 1.62. The first-order valence-corrected chi connectivity index (χ1v) is 7.94. The number of ether oxygens (including phenoxy) is 1. The second-order valence-electron chi connectivity index (χ2n) is 5.98. The topological polar surface area (TPSA) is 84.2 Å². The van der Waals surface area contributed by atoms with Crippen LogP contribution in [-0.2, 0) is 11.2 Å². The monoisotopic (exact) mass is 318 g/mol. The largest absolute Gasteiger partial charge is 0.479 e. The van der Waals surface area contributed by atoms with Gasteiger partial charge >= 0.3 is 0 Å². The van der Waals surface area contributed by atoms with E-state index < -0.39 is 0 Å². The molecular formula is C16H22N4O3. The first-order valence-electron chi connectivity index (χ1n) is 7.94. The Morgan fingerprint density at radius 1 is 1.57 bits per heavy atom. The lowest BCUT2D eigenvalue weighted by molar-refractivity contribution is -0.132. The Hall–Kier alpha value is -2.31. The molecule has 124 valence electrons. The molecule has 0 aromatic carbocycles. The number of amides is 1. The Morgan fingerprint density at radius 2 is 2.43 bits per heavy atom. The van der Waals surface area contributed by atoms with Crippen LogP contribution in [0.15, 0.2) is 16.8 Å². The van der Waals surface area contributed by atoms with Crippen molar-refractivity contribution in [3.8, 4) is 5.88 Å². The first-order chi connectivity index (χ1) is 11.2. The zero-order valence-electron chi connectivity index (χ0n) is 13.5. The molecule has 1 N–H and O–H groups in total. The lowest BCUT2D eigenvalue weighted by atomic mass is 9.92. The van der Waals surface area contributed by atoms with E-state index in [9.17, 15) is 4.79 Å². The van der Waals surface area contributed by atoms with E-state index in [1.165, 1.54) is 7.11 Å². The van der Waals surface area contributed by atoms with Crippen molar-refractivity contribution in [2.45, 2.75) is 38.5 Å². The molecule has 1 amide bonds. The molecule has 1 fully saturated rings. The summed E-state index contributed by atoms with van der Waals surface area (Å²) < 4.78 is 10.1. The number of nitrogens with one attached hydrogen (secondary N) is 1. The van der Waals surface area contributed by atoms with Gasteiger partial charge in [0.05, 0.1) is 13.3 Å². The van der Waals surface area contributed by atoms with Gasteiger partial charge in [-0.15, -0.1) is 0 Å². The van der Waals surface area contributed by atoms with E-state index in [1.807, 2.05) is 11.1 Å². The third-order valence-corrected chi connectivity index (χ3v) is 4.38. The van der Waals surface area contributed by atoms with E-state index in [2.05, 4.69) is 22.3 Å². The number of aromatic nitrogens is 3. The highest BCUT2D eigenvalue weighted by atomic mass is 16.5. The Balaban J connectivity index is 1.55. The molecule has 3 heterocycles. The third-order valence-electron chi connectivity index (χ3n) is 4.38. The fourth-order valence-corrected chi connectivity index (χ4v) is 3.11. The number of likely N-dealkylation sites (tertiary alicyclic amines) is 1. The molecule has 1 atom stereocenters. The summed E-state index contributed by atoms with van der Waals surface area (Å²) in [6, 6.07) is 1.72. The predicted molar refractivity (Wildman–Crippen MR) is 83.3 cm³/mol. The Kier molecular flexibility index (Phi) is 4.64. The van der Waals surface area contributed by atoms with E-state index >= 15 is 0 Å². The van der Waals surface area contributed by atoms with E-state index in [4.69, 9.17) is 9.26 Å². The summed E-state index contributed by atoms with van der Waals surface area (Å²) in [5, 5.41) is 10.9. The van der Waals surface area contributed by atoms with Crippen molar-refractivity contribution in [3.05, 3.63) is 29.3 Å². The number of hydrogen-bond donors (Lipinski definition) is 1. The van der Waals surface area contributed by atoms with Crippen LogP contribution >= 0.6 is 0 Å². The number of hydrogen-bond acceptors (Lipinski definition) is 5. The maximum absolute atomic E-state index is 12.5. The fraction of sp³-hybridized carbons (Fsp3) is 0.562. The van der Waals surface area contributed by atoms with E-state index in [-0.39, 0.29) is 5.91 Å². The predicted octanol–water partition coefficient (Wildman–Crippen LogP) is 2.05. The Labute approximate surface area is 135 Å². The van der Waals surface area contributed by atoms with Crippen LogP contribution in [-0.4, -0.2) is 46.4 Å². The van der Waals surface area contributed by atoms with Gasteiger partial charge in [0.1, 0.15) is 5.76 Å². The second-order valence-corrected chi connectivity index (χ2v) is 5.98. The van der Waals surface area contributed by atoms with Crippen LogP contribution in [0.2, 0.25) is 0 Å². The van der Waals surface area contributed by atoms with Gasteiger partial charge in [-0.05, 0) is 30.5 Å². The molecule has 2 aromatic heterocycles. The highest BCUT2D eigenvalue weighted by Gasteiger charge is 2.26. The standard InChI is InChI=1S/C16H22N4O3/c1-11-9-17-18-16(11)12-4-3-7-20(10-12)15(21)6-5-13-8-14(22-2)19-23-13/h8-9,12H,3-7,10H2,1-2H3,(H,17,18)/t12-/m0/s1. The fourth-order valence-electron chi connectivity index (χ4n) is 3.11. The molecule has 0 bridgehead atoms. The molecule has 3 rings (SSSR count). The first kappa shape index (κ1) is 15.6. The average molecular weight is 318 g/mol. The highest BCUT2D eigenvalue weighted by Crippen LogP contribution is 2.27. The number of aryl methyl sites for hydroxylation is 2. The number of carbonyl (C=O) groups is 1. The van der Waals surface area contributed by atoms with Gasteiger partial charge in [0.15, 0.2) is 0 Å². The van der Waals surface area contributed by atoms with Crippen LogP contribution in [0.3, 0.4) is 0 Å². The molecule has 1 aliphatic heterocycles. The number of nitrogens with zero attached hydrogens (tertiary/aromatic N) is 3. The van der Waals surface area contributed by atoms with Gasteiger partial charge in [0, 0.05) is 43.6 Å². The maximum Gasteiger partial charge on any atom is 0.254 e. The summed E-state index contributed by atoms with van der Waals surface area (Å²) in [5.41, 5.74) is 2.32. The van der Waals surface area contributed by atoms with E-state index in [1.54, 1.807) is 6.07 Å². The van der Waals surface area contributed by atoms with Crippen LogP contribution in [0.4, 0.5) is 0 Å². The highest BCUT2D eigenvalue weighted by molar-refractivity contribution is 5.76. The van der Waals surface area contributed by atoms with Gasteiger partial charge in [-0.2, -0.15) is 5.10 Å². The molecule has 0 unspecified atom stereocenters. The molecule has 0 radical (unpaired) electrons. The summed E-state index contributed by atoms with van der Waals surface area (Å²) in [6.07, 6.45) is 4.91. The van der Waals surface area contributed by atoms with Gasteiger partial charge in [-0.25, -0.2) is 0 Å². The van der Waals surface area contributed by atoms with Crippen LogP contribution in [0.5, 0.6) is 5.88 Å². The Morgan fingerprint density at radius 3 is 3.13 bits per heavy atom. The SMILES string of the molecule is COc1cc(CCC(=O)N2CCC[C@H](c3[nH]ncc3C)C2)on1. The van der Waals surface area contributed by atoms with Gasteiger partial charge in [-0.3, -0.25) is 9.89 Å². The molecule has 23 heavy (non-hydrogen) atoms. The van der Waals surface area contributed by atoms with Crippen molar-refractivity contribution in [3.63, 3.8) is 0 Å². The van der Waals surface area contributed by atoms with Gasteiger partial charge in [0.2, 0.25) is 5.91 Å². The lowest BCUT2D eigenvalue weighted by Crippen LogP contribution is -2.39. The Bertz CT molecular complexity index is 664. The van der Waals surface area contributed by atoms with Gasteiger partial charge < -0.3 is 14.2 Å². The van der Waals surface area contributed by atoms with Crippen molar-refractivity contribution >= 4 is 5.91 Å². The number of methoxy groups -OCH3 is 1. The summed E-state index contributed by atoms with van der Waals surface area (Å²) in [7, 11) is 1.54. The molecule has 1 saturated heterocycles. The summed E-state index contributed by atoms with van der Waals surface area (Å²) in [6.45, 7) is 3.63. The molecule has 1 aliphatic rings. The number of piperidine rings is 1. The maximum atomic E-state index is 12.5. The van der Waals surface area contributed by atoms with Crippen molar-refractivity contribution in [2.75, 3.05) is 20.2 Å². The van der Waals surface area contributed by atoms with E-state index in [0.29, 0.717) is 30.4 Å². The third kappa shape index (κ3) is 3.55. The number of carbonyl (C=O) groups excluding carboxylic acids is 1. The number of H-pyrrole nitrogens is 1. The van der Waals surface area contributed by atoms with Crippen molar-refractivity contribution in [2.24, 2.45) is 0 Å². The zero-order chi connectivity index (χ0) is 16.2. The molecule has 7 nitrogen and oxygen atoms in total. The minimum atomic E-state index is 0.155. The second kappa shape index (κ2) is 6.85. The molecule has 7 heteroatoms. The number of rotatable bonds is 5. The summed E-state index contributed by atoms with van der Waals surface area (Å²) >= 11 is 0. The van der Waals surface area contributed by atoms with Gasteiger partial charge in [0.25, 0.3) is 5.88 Å². The molecule has 0 spiro atoms.